The normalized spacial score (nSPS) is 20.1. The van der Waals surface area contributed by atoms with E-state index in [9.17, 15) is 23.5 Å². The molecule has 2 fully saturated rings. The summed E-state index contributed by atoms with van der Waals surface area (Å²) in [7, 11) is 0. The zero-order valence-electron chi connectivity index (χ0n) is 24.8. The molecule has 0 amide bonds. The van der Waals surface area contributed by atoms with Crippen LogP contribution in [0.1, 0.15) is 43.4 Å². The third-order valence-electron chi connectivity index (χ3n) is 9.02. The average Bonchev–Trinajstić information content (AvgIpc) is 3.69. The van der Waals surface area contributed by atoms with Crippen molar-refractivity contribution in [1.29, 1.82) is 5.26 Å². The van der Waals surface area contributed by atoms with Crippen LogP contribution >= 0.6 is 22.9 Å². The van der Waals surface area contributed by atoms with Gasteiger partial charge in [0.05, 0.1) is 32.3 Å². The highest BCUT2D eigenvalue weighted by atomic mass is 35.5. The second-order valence-corrected chi connectivity index (χ2v) is 13.2. The van der Waals surface area contributed by atoms with Gasteiger partial charge in [0.1, 0.15) is 46.8 Å². The summed E-state index contributed by atoms with van der Waals surface area (Å²) in [6, 6.07) is 6.25. The molecule has 242 valence electrons. The predicted octanol–water partition coefficient (Wildman–Crippen LogP) is 7.26. The van der Waals surface area contributed by atoms with Gasteiger partial charge in [0.2, 0.25) is 5.95 Å². The number of aromatic nitrogens is 3. The molecule has 2 saturated heterocycles. The van der Waals surface area contributed by atoms with E-state index in [0.717, 1.165) is 30.4 Å². The average molecular weight is 684 g/mol. The number of fused-ring (bicyclic) bond motifs is 3. The van der Waals surface area contributed by atoms with Crippen LogP contribution in [0.15, 0.2) is 30.5 Å². The molecule has 2 aliphatic rings. The van der Waals surface area contributed by atoms with Crippen LogP contribution in [-0.2, 0) is 0 Å². The number of hydrogen-bond donors (Lipinski definition) is 3. The summed E-state index contributed by atoms with van der Waals surface area (Å²) in [4.78, 5) is 14.5. The number of aromatic hydroxyl groups is 1. The van der Waals surface area contributed by atoms with Crippen molar-refractivity contribution in [3.05, 3.63) is 64.2 Å². The molecule has 2 aliphatic heterocycles. The number of pyridine rings is 1. The van der Waals surface area contributed by atoms with Crippen molar-refractivity contribution in [2.24, 2.45) is 0 Å². The molecule has 3 aromatic heterocycles. The van der Waals surface area contributed by atoms with Gasteiger partial charge in [-0.15, -0.1) is 11.3 Å². The fourth-order valence-corrected chi connectivity index (χ4v) is 8.06. The first-order valence-corrected chi connectivity index (χ1v) is 15.9. The number of nitrogens with one attached hydrogen (secondary N) is 1. The van der Waals surface area contributed by atoms with E-state index in [4.69, 9.17) is 22.1 Å². The van der Waals surface area contributed by atoms with Crippen LogP contribution in [0.25, 0.3) is 32.1 Å². The highest BCUT2D eigenvalue weighted by molar-refractivity contribution is 7.23. The van der Waals surface area contributed by atoms with E-state index in [1.54, 1.807) is 13.0 Å². The molecule has 3 atom stereocenters. The van der Waals surface area contributed by atoms with Crippen molar-refractivity contribution in [3.8, 4) is 29.0 Å². The van der Waals surface area contributed by atoms with Gasteiger partial charge >= 0.3 is 6.01 Å². The molecule has 0 aliphatic carbocycles. The maximum absolute atomic E-state index is 16.9. The van der Waals surface area contributed by atoms with E-state index in [1.807, 2.05) is 11.0 Å². The Balaban J connectivity index is 1.42. The number of nitrogens with zero attached hydrogens (tertiary/aromatic N) is 5. The van der Waals surface area contributed by atoms with Gasteiger partial charge in [0.25, 0.3) is 0 Å². The van der Waals surface area contributed by atoms with Crippen molar-refractivity contribution < 1.29 is 27.4 Å². The molecule has 0 unspecified atom stereocenters. The molecule has 47 heavy (non-hydrogen) atoms. The topological polar surface area (TPSA) is 133 Å². The van der Waals surface area contributed by atoms with Crippen molar-refractivity contribution >= 4 is 54.7 Å². The fourth-order valence-electron chi connectivity index (χ4n) is 6.83. The molecule has 0 spiro atoms. The lowest BCUT2D eigenvalue weighted by Crippen LogP contribution is -2.43. The van der Waals surface area contributed by atoms with Gasteiger partial charge in [-0.2, -0.15) is 19.6 Å². The highest BCUT2D eigenvalue weighted by Crippen LogP contribution is 2.49. The molecule has 9 nitrogen and oxygen atoms in total. The zero-order chi connectivity index (χ0) is 33.2. The van der Waals surface area contributed by atoms with Crippen LogP contribution in [-0.4, -0.2) is 56.4 Å². The number of anilines is 2. The molecule has 0 radical (unpaired) electrons. The Morgan fingerprint density at radius 2 is 2.09 bits per heavy atom. The summed E-state index contributed by atoms with van der Waals surface area (Å²) >= 11 is 7.47. The maximum Gasteiger partial charge on any atom is 0.319 e. The lowest BCUT2D eigenvalue weighted by atomic mass is 9.95. The predicted molar refractivity (Wildman–Crippen MR) is 171 cm³/mol. The smallest absolute Gasteiger partial charge is 0.319 e. The van der Waals surface area contributed by atoms with Gasteiger partial charge < -0.3 is 20.9 Å². The van der Waals surface area contributed by atoms with Crippen molar-refractivity contribution in [1.82, 2.24) is 19.9 Å². The second kappa shape index (κ2) is 11.7. The number of nitrogen functional groups attached to an aromatic ring is 1. The molecule has 7 rings (SSSR count). The molecule has 0 bridgehead atoms. The second-order valence-electron chi connectivity index (χ2n) is 11.8. The lowest BCUT2D eigenvalue weighted by molar-refractivity contribution is 0.107. The van der Waals surface area contributed by atoms with E-state index in [-0.39, 0.29) is 74.1 Å². The number of rotatable bonds is 7. The number of ether oxygens (including phenoxy) is 1. The molecule has 5 aromatic rings. The highest BCUT2D eigenvalue weighted by Gasteiger charge is 2.49. The maximum atomic E-state index is 16.9. The summed E-state index contributed by atoms with van der Waals surface area (Å²) in [5, 5.41) is 23.7. The Kier molecular flexibility index (Phi) is 7.73. The van der Waals surface area contributed by atoms with Gasteiger partial charge in [0, 0.05) is 35.7 Å². The molecular weight excluding hydrogens is 658 g/mol. The number of nitriles is 1. The quantitative estimate of drug-likeness (QED) is 0.120. The summed E-state index contributed by atoms with van der Waals surface area (Å²) in [6.07, 6.45) is 2.11. The van der Waals surface area contributed by atoms with Crippen LogP contribution < -0.4 is 15.8 Å². The Morgan fingerprint density at radius 3 is 2.85 bits per heavy atom. The number of halogens is 5. The number of phenols is 1. The van der Waals surface area contributed by atoms with E-state index < -0.39 is 51.6 Å². The molecule has 4 N–H and O–H groups in total. The Hall–Kier alpha value is -4.45. The third-order valence-corrected chi connectivity index (χ3v) is 10.4. The largest absolute Gasteiger partial charge is 0.506 e. The first-order chi connectivity index (χ1) is 22.5. The van der Waals surface area contributed by atoms with Gasteiger partial charge in [-0.3, -0.25) is 4.90 Å². The molecule has 15 heteroatoms. The van der Waals surface area contributed by atoms with Crippen LogP contribution in [0, 0.1) is 28.9 Å². The van der Waals surface area contributed by atoms with Gasteiger partial charge in [-0.05, 0) is 44.0 Å². The monoisotopic (exact) mass is 683 g/mol. The number of phenolic OH excluding ortho intramolecular Hbond substituents is 1. The van der Waals surface area contributed by atoms with E-state index in [2.05, 4.69) is 20.3 Å². The Labute approximate surface area is 274 Å². The van der Waals surface area contributed by atoms with Gasteiger partial charge in [-0.25, -0.2) is 18.2 Å². The zero-order valence-corrected chi connectivity index (χ0v) is 26.3. The lowest BCUT2D eigenvalue weighted by Gasteiger charge is -2.30. The molecule has 5 heterocycles. The summed E-state index contributed by atoms with van der Waals surface area (Å²) in [5.74, 6) is -3.19. The summed E-state index contributed by atoms with van der Waals surface area (Å²) in [6.45, 7) is 2.65. The van der Waals surface area contributed by atoms with Gasteiger partial charge in [-0.1, -0.05) is 23.7 Å². The van der Waals surface area contributed by atoms with Crippen LogP contribution in [0.5, 0.6) is 11.8 Å². The minimum atomic E-state index is -1.02. The van der Waals surface area contributed by atoms with E-state index in [1.165, 1.54) is 18.3 Å². The van der Waals surface area contributed by atoms with E-state index >= 15 is 4.39 Å². The standard InChI is InChI=1S/C32H26ClF4N7O2S/c1-14(16-4-2-8-40-28(16)37)41-30-22-25(42-31(43-30)46-13-32-7-3-9-44(32)12-15(34)10-32)24(36)21(23(33)26(22)45)17-5-6-19(35)27-20(17)18(11-38)29(39)47-27/h2,4-6,8,14-15,45H,3,7,9-10,12-13,39H2,1H3,(H,41,42,43)/t14-,15-,32+/m1/s1. The summed E-state index contributed by atoms with van der Waals surface area (Å²) < 4.78 is 66.8. The van der Waals surface area contributed by atoms with Crippen LogP contribution in [0.2, 0.25) is 5.02 Å². The first-order valence-electron chi connectivity index (χ1n) is 14.7. The number of alkyl halides is 1. The number of benzene rings is 2. The first kappa shape index (κ1) is 31.2. The minimum Gasteiger partial charge on any atom is -0.506 e. The van der Waals surface area contributed by atoms with E-state index in [0.29, 0.717) is 6.42 Å². The fraction of sp³-hybridized carbons (Fsp3) is 0.312. The van der Waals surface area contributed by atoms with Crippen LogP contribution in [0.4, 0.5) is 28.4 Å². The van der Waals surface area contributed by atoms with Crippen molar-refractivity contribution in [2.45, 2.75) is 43.9 Å². The van der Waals surface area contributed by atoms with Crippen molar-refractivity contribution in [2.75, 3.05) is 30.7 Å². The Morgan fingerprint density at radius 1 is 1.28 bits per heavy atom. The third kappa shape index (κ3) is 5.04. The number of thiophene rings is 1. The molecule has 0 saturated carbocycles. The van der Waals surface area contributed by atoms with Gasteiger partial charge in [0.15, 0.2) is 5.82 Å². The van der Waals surface area contributed by atoms with Crippen molar-refractivity contribution in [3.63, 3.8) is 0 Å². The number of hydrogen-bond acceptors (Lipinski definition) is 10. The minimum absolute atomic E-state index is 0.00687. The SMILES string of the molecule is C[C@@H](Nc1nc(OC[C@@]23CCCN2C[C@H](F)C3)nc2c(F)c(-c3ccc(F)c4sc(N)c(C#N)c34)c(Cl)c(O)c12)c1cccnc1F. The Bertz CT molecular complexity index is 2130. The van der Waals surface area contributed by atoms with Crippen LogP contribution in [0.3, 0.4) is 0 Å². The number of nitrogens with two attached hydrogens (primary N) is 1. The summed E-state index contributed by atoms with van der Waals surface area (Å²) in [5.41, 5.74) is 4.76. The molecule has 2 aromatic carbocycles. The molecular formula is C32H26ClF4N7O2S.